The second kappa shape index (κ2) is 29.2. The molecule has 0 radical (unpaired) electrons. The number of nitrogens with zero attached hydrogens (tertiary/aromatic N) is 1. The minimum atomic E-state index is -1.11. The molecule has 53 heavy (non-hydrogen) atoms. The van der Waals surface area contributed by atoms with Crippen molar-refractivity contribution in [1.29, 1.82) is 0 Å². The lowest BCUT2D eigenvalue weighted by atomic mass is 9.78. The summed E-state index contributed by atoms with van der Waals surface area (Å²) in [5, 5.41) is 15.0. The van der Waals surface area contributed by atoms with Crippen molar-refractivity contribution in [3.63, 3.8) is 0 Å². The SMILES string of the molecule is CCCCCCCCCCCCC(CCC(=O)N[C@@H](CC(C)C)C(=O)N1CCC[C@H]1C(=O)N[C@@H](C)C(=O)O)C1CCCCCCCCCCCCCC1. The molecule has 1 aliphatic carbocycles. The van der Waals surface area contributed by atoms with Crippen LogP contribution in [0, 0.1) is 17.8 Å². The quantitative estimate of drug-likeness (QED) is 0.0954. The van der Waals surface area contributed by atoms with Crippen molar-refractivity contribution in [3.8, 4) is 0 Å². The van der Waals surface area contributed by atoms with Crippen LogP contribution >= 0.6 is 0 Å². The molecule has 0 spiro atoms. The molecule has 1 heterocycles. The van der Waals surface area contributed by atoms with E-state index < -0.39 is 30.0 Å². The summed E-state index contributed by atoms with van der Waals surface area (Å²) in [7, 11) is 0. The molecule has 1 unspecified atom stereocenters. The first-order chi connectivity index (χ1) is 25.6. The topological polar surface area (TPSA) is 116 Å². The Morgan fingerprint density at radius 2 is 1.15 bits per heavy atom. The number of carbonyl (C=O) groups excluding carboxylic acids is 3. The second-order valence-electron chi connectivity index (χ2n) is 17.4. The van der Waals surface area contributed by atoms with Crippen LogP contribution < -0.4 is 10.6 Å². The minimum Gasteiger partial charge on any atom is -0.480 e. The zero-order chi connectivity index (χ0) is 38.7. The van der Waals surface area contributed by atoms with Crippen LogP contribution in [-0.4, -0.2) is 58.4 Å². The smallest absolute Gasteiger partial charge is 0.325 e. The third-order valence-corrected chi connectivity index (χ3v) is 12.1. The van der Waals surface area contributed by atoms with E-state index in [2.05, 4.69) is 17.6 Å². The van der Waals surface area contributed by atoms with Gasteiger partial charge in [-0.05, 0) is 50.4 Å². The number of hydrogen-bond acceptors (Lipinski definition) is 4. The summed E-state index contributed by atoms with van der Waals surface area (Å²) in [5.74, 6) is -0.448. The molecule has 8 heteroatoms. The molecular formula is C45H83N3O5. The van der Waals surface area contributed by atoms with Crippen LogP contribution in [0.3, 0.4) is 0 Å². The van der Waals surface area contributed by atoms with E-state index in [9.17, 15) is 24.3 Å². The van der Waals surface area contributed by atoms with Crippen LogP contribution in [0.25, 0.3) is 0 Å². The monoisotopic (exact) mass is 746 g/mol. The predicted molar refractivity (Wildman–Crippen MR) is 219 cm³/mol. The molecule has 0 aromatic carbocycles. The first kappa shape index (κ1) is 47.0. The van der Waals surface area contributed by atoms with Crippen LogP contribution in [0.4, 0.5) is 0 Å². The Bertz CT molecular complexity index is 987. The molecule has 308 valence electrons. The highest BCUT2D eigenvalue weighted by Crippen LogP contribution is 2.33. The Morgan fingerprint density at radius 3 is 1.66 bits per heavy atom. The lowest BCUT2D eigenvalue weighted by Gasteiger charge is -2.30. The van der Waals surface area contributed by atoms with E-state index in [1.165, 1.54) is 167 Å². The molecule has 1 saturated heterocycles. The molecule has 4 atom stereocenters. The van der Waals surface area contributed by atoms with Crippen LogP contribution in [0.5, 0.6) is 0 Å². The van der Waals surface area contributed by atoms with E-state index in [0.717, 1.165) is 6.42 Å². The Hall–Kier alpha value is -2.12. The fourth-order valence-electron chi connectivity index (χ4n) is 8.86. The number of likely N-dealkylation sites (tertiary alicyclic amines) is 1. The zero-order valence-corrected chi connectivity index (χ0v) is 34.9. The number of aliphatic carboxylic acids is 1. The van der Waals surface area contributed by atoms with E-state index in [-0.39, 0.29) is 17.7 Å². The molecule has 2 rings (SSSR count). The molecule has 2 aliphatic rings. The van der Waals surface area contributed by atoms with Crippen LogP contribution in [0.1, 0.15) is 220 Å². The highest BCUT2D eigenvalue weighted by Gasteiger charge is 2.38. The fraction of sp³-hybridized carbons (Fsp3) is 0.911. The summed E-state index contributed by atoms with van der Waals surface area (Å²) >= 11 is 0. The van der Waals surface area contributed by atoms with Gasteiger partial charge < -0.3 is 20.6 Å². The maximum Gasteiger partial charge on any atom is 0.325 e. The van der Waals surface area contributed by atoms with E-state index in [4.69, 9.17) is 0 Å². The minimum absolute atomic E-state index is 0.0612. The third-order valence-electron chi connectivity index (χ3n) is 12.1. The maximum absolute atomic E-state index is 13.9. The summed E-state index contributed by atoms with van der Waals surface area (Å²) in [6.45, 7) is 8.24. The normalized spacial score (nSPS) is 20.2. The largest absolute Gasteiger partial charge is 0.480 e. The van der Waals surface area contributed by atoms with Gasteiger partial charge in [-0.15, -0.1) is 0 Å². The summed E-state index contributed by atoms with van der Waals surface area (Å²) in [6.07, 6.45) is 36.3. The van der Waals surface area contributed by atoms with Crippen molar-refractivity contribution in [2.45, 2.75) is 238 Å². The molecule has 0 aromatic rings. The summed E-state index contributed by atoms with van der Waals surface area (Å²) < 4.78 is 0. The molecule has 0 aromatic heterocycles. The molecule has 1 aliphatic heterocycles. The summed E-state index contributed by atoms with van der Waals surface area (Å²) in [4.78, 5) is 53.5. The van der Waals surface area contributed by atoms with Gasteiger partial charge in [0, 0.05) is 13.0 Å². The van der Waals surface area contributed by atoms with Gasteiger partial charge in [-0.3, -0.25) is 19.2 Å². The molecular weight excluding hydrogens is 663 g/mol. The van der Waals surface area contributed by atoms with E-state index >= 15 is 0 Å². The van der Waals surface area contributed by atoms with Crippen molar-refractivity contribution in [2.75, 3.05) is 6.54 Å². The molecule has 8 nitrogen and oxygen atoms in total. The summed E-state index contributed by atoms with van der Waals surface area (Å²) in [6, 6.07) is -2.43. The average molecular weight is 746 g/mol. The summed E-state index contributed by atoms with van der Waals surface area (Å²) in [5.41, 5.74) is 0. The number of carbonyl (C=O) groups is 4. The van der Waals surface area contributed by atoms with Crippen LogP contribution in [0.15, 0.2) is 0 Å². The highest BCUT2D eigenvalue weighted by molar-refractivity contribution is 5.93. The van der Waals surface area contributed by atoms with Gasteiger partial charge in [0.2, 0.25) is 17.7 Å². The molecule has 2 fully saturated rings. The number of carboxylic acids is 1. The highest BCUT2D eigenvalue weighted by atomic mass is 16.4. The fourth-order valence-corrected chi connectivity index (χ4v) is 8.86. The Kier molecular flexibility index (Phi) is 25.9. The van der Waals surface area contributed by atoms with Gasteiger partial charge in [-0.25, -0.2) is 0 Å². The van der Waals surface area contributed by atoms with Gasteiger partial charge in [0.05, 0.1) is 0 Å². The molecule has 3 N–H and O–H groups in total. The van der Waals surface area contributed by atoms with E-state index in [1.807, 2.05) is 13.8 Å². The van der Waals surface area contributed by atoms with Crippen molar-refractivity contribution in [3.05, 3.63) is 0 Å². The second-order valence-corrected chi connectivity index (χ2v) is 17.4. The van der Waals surface area contributed by atoms with Crippen LogP contribution in [-0.2, 0) is 19.2 Å². The molecule has 1 saturated carbocycles. The van der Waals surface area contributed by atoms with Gasteiger partial charge in [-0.2, -0.15) is 0 Å². The number of amides is 3. The van der Waals surface area contributed by atoms with Gasteiger partial charge in [0.1, 0.15) is 18.1 Å². The van der Waals surface area contributed by atoms with Crippen molar-refractivity contribution in [2.24, 2.45) is 17.8 Å². The van der Waals surface area contributed by atoms with Crippen LogP contribution in [0.2, 0.25) is 0 Å². The van der Waals surface area contributed by atoms with Gasteiger partial charge in [0.25, 0.3) is 0 Å². The third kappa shape index (κ3) is 20.9. The number of carboxylic acid groups (broad SMARTS) is 1. The number of unbranched alkanes of at least 4 members (excludes halogenated alkanes) is 9. The lowest BCUT2D eigenvalue weighted by molar-refractivity contribution is -0.144. The Labute approximate surface area is 325 Å². The first-order valence-corrected chi connectivity index (χ1v) is 22.8. The number of hydrogen-bond donors (Lipinski definition) is 3. The molecule has 0 bridgehead atoms. The molecule has 3 amide bonds. The van der Waals surface area contributed by atoms with E-state index in [0.29, 0.717) is 44.1 Å². The predicted octanol–water partition coefficient (Wildman–Crippen LogP) is 10.9. The van der Waals surface area contributed by atoms with Crippen molar-refractivity contribution < 1.29 is 24.3 Å². The zero-order valence-electron chi connectivity index (χ0n) is 34.9. The maximum atomic E-state index is 13.9. The lowest BCUT2D eigenvalue weighted by Crippen LogP contribution is -2.55. The van der Waals surface area contributed by atoms with Gasteiger partial charge >= 0.3 is 5.97 Å². The van der Waals surface area contributed by atoms with Gasteiger partial charge in [-0.1, -0.05) is 181 Å². The average Bonchev–Trinajstić information content (AvgIpc) is 3.62. The standard InChI is InChI=1S/C45H83N3O5/c1-5-6-7-8-9-10-15-20-23-26-30-39(38-28-24-21-18-16-13-11-12-14-17-19-22-25-29-38)32-33-42(49)47-40(35-36(2)3)44(51)48-34-27-31-41(48)43(50)46-37(4)45(52)53/h36-41H,5-35H2,1-4H3,(H,46,50)(H,47,49)(H,52,53)/t37-,39?,40-,41-/m0/s1. The van der Waals surface area contributed by atoms with Crippen molar-refractivity contribution in [1.82, 2.24) is 15.5 Å². The Balaban J connectivity index is 2.06. The number of nitrogens with one attached hydrogen (secondary N) is 2. The number of rotatable bonds is 22. The Morgan fingerprint density at radius 1 is 0.642 bits per heavy atom. The first-order valence-electron chi connectivity index (χ1n) is 22.8. The van der Waals surface area contributed by atoms with Crippen molar-refractivity contribution >= 4 is 23.7 Å². The van der Waals surface area contributed by atoms with E-state index in [1.54, 1.807) is 4.90 Å². The van der Waals surface area contributed by atoms with Gasteiger partial charge in [0.15, 0.2) is 0 Å².